The van der Waals surface area contributed by atoms with Crippen LogP contribution in [0.25, 0.3) is 0 Å². The Morgan fingerprint density at radius 3 is 2.24 bits per heavy atom. The second-order valence-electron chi connectivity index (χ2n) is 19.1. The Morgan fingerprint density at radius 1 is 0.889 bits per heavy atom. The van der Waals surface area contributed by atoms with Crippen LogP contribution in [0.15, 0.2) is 54.6 Å². The van der Waals surface area contributed by atoms with Gasteiger partial charge in [0.05, 0.1) is 42.6 Å². The predicted octanol–water partition coefficient (Wildman–Crippen LogP) is 5.57. The maximum absolute atomic E-state index is 13.6. The van der Waals surface area contributed by atoms with E-state index in [1.165, 1.54) is 0 Å². The van der Waals surface area contributed by atoms with Gasteiger partial charge in [-0.3, -0.25) is 39.1 Å². The summed E-state index contributed by atoms with van der Waals surface area (Å²) in [5.74, 6) is -0.495. The molecule has 2 N–H and O–H groups in total. The summed E-state index contributed by atoms with van der Waals surface area (Å²) in [4.78, 5) is 69.9. The van der Waals surface area contributed by atoms with Crippen molar-refractivity contribution in [2.45, 2.75) is 97.9 Å². The molecule has 3 aromatic rings. The fraction of sp³-hybridized carbons (Fsp3) is 0.510. The molecule has 63 heavy (non-hydrogen) atoms. The third-order valence-corrected chi connectivity index (χ3v) is 14.1. The van der Waals surface area contributed by atoms with Crippen LogP contribution in [0.4, 0.5) is 5.69 Å². The van der Waals surface area contributed by atoms with Crippen molar-refractivity contribution in [1.29, 1.82) is 5.26 Å². The molecule has 2 atom stereocenters. The summed E-state index contributed by atoms with van der Waals surface area (Å²) in [5.41, 5.74) is 3.97. The summed E-state index contributed by atoms with van der Waals surface area (Å²) in [5, 5.41) is 15.0. The number of nitrogens with zero attached hydrogens (tertiary/aromatic N) is 4. The van der Waals surface area contributed by atoms with Gasteiger partial charge in [0, 0.05) is 66.8 Å². The van der Waals surface area contributed by atoms with Gasteiger partial charge in [-0.2, -0.15) is 5.26 Å². The number of amides is 5. The lowest BCUT2D eigenvalue weighted by Gasteiger charge is -2.63. The number of hydrogen-bond donors (Lipinski definition) is 2. The first kappa shape index (κ1) is 43.9. The van der Waals surface area contributed by atoms with E-state index in [4.69, 9.17) is 14.2 Å². The second kappa shape index (κ2) is 17.4. The maximum atomic E-state index is 13.6. The first-order chi connectivity index (χ1) is 30.1. The van der Waals surface area contributed by atoms with E-state index < -0.39 is 29.7 Å². The van der Waals surface area contributed by atoms with Crippen LogP contribution in [0.2, 0.25) is 0 Å². The number of aryl methyl sites for hydroxylation is 2. The zero-order valence-corrected chi connectivity index (χ0v) is 37.1. The van der Waals surface area contributed by atoms with E-state index in [1.807, 2.05) is 38.1 Å². The SMILES string of the molecule is Cc1cc(OC2C(C)(C)C(NC(=O)c3ccc(N4CCC(CN5CCOC[C@@H]5CCOc5ccc6c(c5)C(=O)N(C5CCC(=O)NC5=O)C6=O)CC4)cc3)C2(C)C)cc(C)c1C#N. The summed E-state index contributed by atoms with van der Waals surface area (Å²) in [6.07, 6.45) is 2.87. The van der Waals surface area contributed by atoms with Gasteiger partial charge >= 0.3 is 0 Å². The molecule has 1 aliphatic carbocycles. The Kier molecular flexibility index (Phi) is 12.1. The molecule has 1 saturated carbocycles. The molecule has 0 bridgehead atoms. The third kappa shape index (κ3) is 8.53. The van der Waals surface area contributed by atoms with Crippen molar-refractivity contribution in [2.75, 3.05) is 50.9 Å². The molecule has 5 aliphatic rings. The molecule has 0 aromatic heterocycles. The Morgan fingerprint density at radius 2 is 1.57 bits per heavy atom. The molecule has 0 spiro atoms. The van der Waals surface area contributed by atoms with E-state index in [0.29, 0.717) is 42.6 Å². The van der Waals surface area contributed by atoms with Gasteiger partial charge in [-0.1, -0.05) is 27.7 Å². The van der Waals surface area contributed by atoms with Crippen LogP contribution in [0.5, 0.6) is 11.5 Å². The largest absolute Gasteiger partial charge is 0.494 e. The van der Waals surface area contributed by atoms with Crippen molar-refractivity contribution in [1.82, 2.24) is 20.4 Å². The monoisotopic (exact) mass is 858 g/mol. The van der Waals surface area contributed by atoms with Crippen LogP contribution in [0.3, 0.4) is 0 Å². The molecule has 3 saturated heterocycles. The summed E-state index contributed by atoms with van der Waals surface area (Å²) in [6, 6.07) is 17.9. The van der Waals surface area contributed by atoms with E-state index in [9.17, 15) is 29.2 Å². The molecule has 4 fully saturated rings. The number of nitrogens with one attached hydrogen (secondary N) is 2. The quantitative estimate of drug-likeness (QED) is 0.218. The van der Waals surface area contributed by atoms with E-state index >= 15 is 0 Å². The number of carbonyl (C=O) groups is 5. The van der Waals surface area contributed by atoms with Crippen LogP contribution in [-0.4, -0.2) is 110 Å². The van der Waals surface area contributed by atoms with Crippen LogP contribution >= 0.6 is 0 Å². The first-order valence-electron chi connectivity index (χ1n) is 22.2. The van der Waals surface area contributed by atoms with Crippen molar-refractivity contribution in [3.05, 3.63) is 88.0 Å². The molecule has 1 unspecified atom stereocenters. The van der Waals surface area contributed by atoms with E-state index in [-0.39, 0.29) is 58.9 Å². The number of morpholine rings is 1. The number of carbonyl (C=O) groups excluding carboxylic acids is 5. The number of benzene rings is 3. The minimum atomic E-state index is -1.01. The lowest BCUT2D eigenvalue weighted by atomic mass is 9.49. The topological polar surface area (TPSA) is 171 Å². The Labute approximate surface area is 369 Å². The van der Waals surface area contributed by atoms with Gasteiger partial charge in [-0.05, 0) is 111 Å². The van der Waals surface area contributed by atoms with Gasteiger partial charge in [-0.15, -0.1) is 0 Å². The third-order valence-electron chi connectivity index (χ3n) is 14.1. The minimum absolute atomic E-state index is 0.0677. The van der Waals surface area contributed by atoms with Crippen LogP contribution in [0.1, 0.15) is 108 Å². The van der Waals surface area contributed by atoms with Crippen molar-refractivity contribution in [3.63, 3.8) is 0 Å². The van der Waals surface area contributed by atoms with Gasteiger partial charge in [0.15, 0.2) is 0 Å². The van der Waals surface area contributed by atoms with E-state index in [2.05, 4.69) is 66.3 Å². The molecule has 14 nitrogen and oxygen atoms in total. The number of rotatable bonds is 12. The second-order valence-corrected chi connectivity index (χ2v) is 19.1. The molecule has 8 rings (SSSR count). The molecule has 0 radical (unpaired) electrons. The average Bonchev–Trinajstić information content (AvgIpc) is 3.50. The van der Waals surface area contributed by atoms with Crippen molar-refractivity contribution < 1.29 is 38.2 Å². The Bertz CT molecular complexity index is 2310. The molecule has 332 valence electrons. The predicted molar refractivity (Wildman–Crippen MR) is 235 cm³/mol. The highest BCUT2D eigenvalue weighted by Crippen LogP contribution is 2.55. The fourth-order valence-electron chi connectivity index (χ4n) is 10.9. The zero-order valence-electron chi connectivity index (χ0n) is 37.1. The first-order valence-corrected chi connectivity index (χ1v) is 22.2. The number of anilines is 1. The smallest absolute Gasteiger partial charge is 0.262 e. The summed E-state index contributed by atoms with van der Waals surface area (Å²) in [7, 11) is 0. The van der Waals surface area contributed by atoms with Crippen LogP contribution in [-0.2, 0) is 14.3 Å². The normalized spacial score (nSPS) is 24.6. The minimum Gasteiger partial charge on any atom is -0.494 e. The lowest BCUT2D eigenvalue weighted by molar-refractivity contribution is -0.164. The van der Waals surface area contributed by atoms with Crippen LogP contribution in [0, 0.1) is 41.9 Å². The number of nitriles is 1. The number of hydrogen-bond acceptors (Lipinski definition) is 11. The number of fused-ring (bicyclic) bond motifs is 1. The number of imide groups is 2. The Hall–Kier alpha value is -5.78. The van der Waals surface area contributed by atoms with Crippen molar-refractivity contribution in [3.8, 4) is 17.6 Å². The summed E-state index contributed by atoms with van der Waals surface area (Å²) < 4.78 is 18.5. The molecule has 14 heteroatoms. The van der Waals surface area contributed by atoms with E-state index in [0.717, 1.165) is 72.9 Å². The molecule has 4 aliphatic heterocycles. The highest BCUT2D eigenvalue weighted by molar-refractivity contribution is 6.23. The van der Waals surface area contributed by atoms with Gasteiger partial charge in [0.25, 0.3) is 17.7 Å². The van der Waals surface area contributed by atoms with Gasteiger partial charge in [-0.25, -0.2) is 0 Å². The zero-order chi connectivity index (χ0) is 44.8. The lowest BCUT2D eigenvalue weighted by Crippen LogP contribution is -2.74. The maximum Gasteiger partial charge on any atom is 0.262 e. The molecule has 3 aromatic carbocycles. The Balaban J connectivity index is 0.794. The number of piperidine rings is 2. The van der Waals surface area contributed by atoms with Crippen LogP contribution < -0.4 is 25.0 Å². The molecule has 4 heterocycles. The highest BCUT2D eigenvalue weighted by Gasteiger charge is 2.64. The van der Waals surface area contributed by atoms with Gasteiger partial charge in [0.2, 0.25) is 11.8 Å². The molecule has 5 amide bonds. The van der Waals surface area contributed by atoms with Gasteiger partial charge in [0.1, 0.15) is 23.6 Å². The molecular formula is C49H58N6O8. The van der Waals surface area contributed by atoms with Crippen molar-refractivity contribution in [2.24, 2.45) is 16.7 Å². The van der Waals surface area contributed by atoms with E-state index in [1.54, 1.807) is 18.2 Å². The van der Waals surface area contributed by atoms with Crippen molar-refractivity contribution >= 4 is 35.2 Å². The standard InChI is InChI=1S/C49H58N6O8/c1-29-23-36(24-30(2)39(29)26-50)63-47-48(3,4)46(49(47,5)6)52-42(57)32-7-9-33(10-8-32)53-18-15-31(16-19-53)27-54-20-22-61-28-34(54)17-21-62-35-11-12-37-38(25-35)45(60)55(44(37)59)40-13-14-41(56)51-43(40)58/h7-12,23-25,31,34,40,46-47H,13-22,27-28H2,1-6H3,(H,52,57)(H,51,56,58)/t34-,40?,46?,47?/m0/s1. The summed E-state index contributed by atoms with van der Waals surface area (Å²) in [6.45, 7) is 17.8. The average molecular weight is 859 g/mol. The highest BCUT2D eigenvalue weighted by atomic mass is 16.5. The summed E-state index contributed by atoms with van der Waals surface area (Å²) >= 11 is 0. The molecular weight excluding hydrogens is 801 g/mol. The number of ether oxygens (including phenoxy) is 3. The van der Waals surface area contributed by atoms with Gasteiger partial charge < -0.3 is 24.4 Å². The fourth-order valence-corrected chi connectivity index (χ4v) is 10.9.